The Morgan fingerprint density at radius 3 is 2.56 bits per heavy atom. The summed E-state index contributed by atoms with van der Waals surface area (Å²) in [6, 6.07) is 1.11. The molecular formula is C22H22F5N7. The van der Waals surface area contributed by atoms with Crippen molar-refractivity contribution in [3.63, 3.8) is 0 Å². The van der Waals surface area contributed by atoms with Crippen LogP contribution in [0.2, 0.25) is 0 Å². The van der Waals surface area contributed by atoms with E-state index in [-0.39, 0.29) is 5.41 Å². The van der Waals surface area contributed by atoms with Crippen molar-refractivity contribution in [2.75, 3.05) is 36.0 Å². The number of alkyl halides is 5. The lowest BCUT2D eigenvalue weighted by Crippen LogP contribution is -2.58. The first-order valence-corrected chi connectivity index (χ1v) is 10.8. The standard InChI is InChI=1S/C22H22F5N7/c1-2-3-14-7-29-17(22(25,26)27)6-16(14)33-12-21(13-33)4-5-32(11-21)19-9-28-15-8-30-34(10-18(23)24)20(15)31-19/h2-3,6-9,18H,4-5,10-13H2,1H3/b3-2+. The number of fused-ring (bicyclic) bond motifs is 1. The number of anilines is 2. The number of nitrogens with zero attached hydrogens (tertiary/aromatic N) is 7. The van der Waals surface area contributed by atoms with E-state index in [0.717, 1.165) is 17.2 Å². The van der Waals surface area contributed by atoms with E-state index in [2.05, 4.69) is 20.1 Å². The molecule has 0 amide bonds. The highest BCUT2D eigenvalue weighted by molar-refractivity contribution is 5.72. The van der Waals surface area contributed by atoms with Gasteiger partial charge in [0.2, 0.25) is 0 Å². The maximum absolute atomic E-state index is 13.2. The molecule has 12 heteroatoms. The highest BCUT2D eigenvalue weighted by atomic mass is 19.4. The molecule has 2 fully saturated rings. The monoisotopic (exact) mass is 479 g/mol. The van der Waals surface area contributed by atoms with Crippen molar-refractivity contribution in [3.05, 3.63) is 42.0 Å². The second kappa shape index (κ2) is 8.17. The quantitative estimate of drug-likeness (QED) is 0.510. The normalized spacial score (nSPS) is 18.1. The van der Waals surface area contributed by atoms with Gasteiger partial charge < -0.3 is 9.80 Å². The number of allylic oxidation sites excluding steroid dienone is 1. The van der Waals surface area contributed by atoms with E-state index < -0.39 is 24.8 Å². The Kier molecular flexibility index (Phi) is 5.40. The third kappa shape index (κ3) is 4.05. The molecule has 7 nitrogen and oxygen atoms in total. The lowest BCUT2D eigenvalue weighted by molar-refractivity contribution is -0.141. The molecule has 0 aliphatic carbocycles. The Balaban J connectivity index is 1.33. The minimum Gasteiger partial charge on any atom is -0.370 e. The van der Waals surface area contributed by atoms with Crippen LogP contribution in [0.3, 0.4) is 0 Å². The van der Waals surface area contributed by atoms with Crippen molar-refractivity contribution in [1.29, 1.82) is 0 Å². The number of rotatable bonds is 5. The molecule has 3 aromatic rings. The SMILES string of the molecule is C/C=C/c1cnc(C(F)(F)F)cc1N1CC2(CCN(c3cnc4cnn(CC(F)F)c4n3)C2)C1. The molecule has 0 atom stereocenters. The van der Waals surface area contributed by atoms with Gasteiger partial charge in [-0.2, -0.15) is 18.3 Å². The molecule has 0 unspecified atom stereocenters. The van der Waals surface area contributed by atoms with Gasteiger partial charge in [0.1, 0.15) is 23.6 Å². The van der Waals surface area contributed by atoms with E-state index in [1.807, 2.05) is 9.80 Å². The van der Waals surface area contributed by atoms with Crippen LogP contribution < -0.4 is 9.80 Å². The summed E-state index contributed by atoms with van der Waals surface area (Å²) >= 11 is 0. The zero-order valence-corrected chi connectivity index (χ0v) is 18.3. The van der Waals surface area contributed by atoms with Crippen LogP contribution in [-0.2, 0) is 12.7 Å². The molecule has 2 saturated heterocycles. The fourth-order valence-electron chi connectivity index (χ4n) is 4.77. The maximum atomic E-state index is 13.2. The first-order chi connectivity index (χ1) is 16.2. The van der Waals surface area contributed by atoms with Crippen molar-refractivity contribution in [2.45, 2.75) is 32.5 Å². The van der Waals surface area contributed by atoms with Crippen molar-refractivity contribution in [3.8, 4) is 0 Å². The Morgan fingerprint density at radius 2 is 1.85 bits per heavy atom. The lowest BCUT2D eigenvalue weighted by Gasteiger charge is -2.50. The smallest absolute Gasteiger partial charge is 0.370 e. The van der Waals surface area contributed by atoms with Crippen LogP contribution in [0.15, 0.2) is 30.7 Å². The molecule has 0 N–H and O–H groups in total. The Morgan fingerprint density at radius 1 is 1.09 bits per heavy atom. The summed E-state index contributed by atoms with van der Waals surface area (Å²) in [6.07, 6.45) is 1.58. The summed E-state index contributed by atoms with van der Waals surface area (Å²) < 4.78 is 66.5. The molecule has 180 valence electrons. The fraction of sp³-hybridized carbons (Fsp3) is 0.455. The van der Waals surface area contributed by atoms with Gasteiger partial charge >= 0.3 is 6.18 Å². The Labute approximate surface area is 191 Å². The number of pyridine rings is 1. The number of halogens is 5. The average Bonchev–Trinajstić information content (AvgIpc) is 3.37. The summed E-state index contributed by atoms with van der Waals surface area (Å²) in [6.45, 7) is 3.81. The lowest BCUT2D eigenvalue weighted by atomic mass is 9.78. The molecular weight excluding hydrogens is 457 g/mol. The largest absolute Gasteiger partial charge is 0.433 e. The van der Waals surface area contributed by atoms with Crippen LogP contribution in [0, 0.1) is 5.41 Å². The predicted octanol–water partition coefficient (Wildman–Crippen LogP) is 4.26. The maximum Gasteiger partial charge on any atom is 0.433 e. The second-order valence-corrected chi connectivity index (χ2v) is 8.81. The van der Waals surface area contributed by atoms with Crippen molar-refractivity contribution < 1.29 is 22.0 Å². The van der Waals surface area contributed by atoms with Crippen molar-refractivity contribution in [2.24, 2.45) is 5.41 Å². The molecule has 5 rings (SSSR count). The molecule has 2 aliphatic rings. The van der Waals surface area contributed by atoms with Crippen LogP contribution in [0.25, 0.3) is 17.2 Å². The third-order valence-electron chi connectivity index (χ3n) is 6.35. The summed E-state index contributed by atoms with van der Waals surface area (Å²) in [7, 11) is 0. The van der Waals surface area contributed by atoms with Crippen LogP contribution in [-0.4, -0.2) is 57.3 Å². The molecule has 2 aliphatic heterocycles. The Hall–Kier alpha value is -3.31. The topological polar surface area (TPSA) is 63.0 Å². The van der Waals surface area contributed by atoms with Gasteiger partial charge in [-0.15, -0.1) is 0 Å². The van der Waals surface area contributed by atoms with Gasteiger partial charge in [-0.3, -0.25) is 4.98 Å². The summed E-state index contributed by atoms with van der Waals surface area (Å²) in [5.74, 6) is 0.580. The van der Waals surface area contributed by atoms with Gasteiger partial charge in [-0.05, 0) is 19.4 Å². The zero-order valence-electron chi connectivity index (χ0n) is 18.3. The molecule has 34 heavy (non-hydrogen) atoms. The van der Waals surface area contributed by atoms with E-state index in [9.17, 15) is 22.0 Å². The Bertz CT molecular complexity index is 1230. The molecule has 3 aromatic heterocycles. The van der Waals surface area contributed by atoms with Crippen LogP contribution in [0.1, 0.15) is 24.6 Å². The number of aromatic nitrogens is 5. The molecule has 0 saturated carbocycles. The zero-order chi connectivity index (χ0) is 24.1. The van der Waals surface area contributed by atoms with E-state index in [4.69, 9.17) is 0 Å². The molecule has 1 spiro atoms. The molecule has 0 bridgehead atoms. The predicted molar refractivity (Wildman–Crippen MR) is 117 cm³/mol. The van der Waals surface area contributed by atoms with Crippen molar-refractivity contribution >= 4 is 28.7 Å². The van der Waals surface area contributed by atoms with Gasteiger partial charge in [-0.25, -0.2) is 23.4 Å². The highest BCUT2D eigenvalue weighted by Gasteiger charge is 2.49. The van der Waals surface area contributed by atoms with Gasteiger partial charge in [-0.1, -0.05) is 12.2 Å². The number of hydrogen-bond donors (Lipinski definition) is 0. The summed E-state index contributed by atoms with van der Waals surface area (Å²) in [5.41, 5.74) is 0.915. The van der Waals surface area contributed by atoms with E-state index in [0.29, 0.717) is 54.4 Å². The van der Waals surface area contributed by atoms with Crippen molar-refractivity contribution in [1.82, 2.24) is 24.7 Å². The molecule has 5 heterocycles. The van der Waals surface area contributed by atoms with E-state index >= 15 is 0 Å². The summed E-state index contributed by atoms with van der Waals surface area (Å²) in [4.78, 5) is 16.4. The minimum atomic E-state index is -4.51. The van der Waals surface area contributed by atoms with Gasteiger partial charge in [0.05, 0.1) is 12.4 Å². The fourth-order valence-corrected chi connectivity index (χ4v) is 4.77. The first kappa shape index (κ1) is 22.5. The van der Waals surface area contributed by atoms with Gasteiger partial charge in [0.15, 0.2) is 5.65 Å². The van der Waals surface area contributed by atoms with Gasteiger partial charge in [0.25, 0.3) is 6.43 Å². The summed E-state index contributed by atoms with van der Waals surface area (Å²) in [5, 5.41) is 3.95. The number of hydrogen-bond acceptors (Lipinski definition) is 6. The molecule has 0 aromatic carbocycles. The average molecular weight is 479 g/mol. The van der Waals surface area contributed by atoms with E-state index in [1.54, 1.807) is 25.3 Å². The highest BCUT2D eigenvalue weighted by Crippen LogP contribution is 2.44. The first-order valence-electron chi connectivity index (χ1n) is 10.8. The van der Waals surface area contributed by atoms with Crippen LogP contribution >= 0.6 is 0 Å². The molecule has 0 radical (unpaired) electrons. The van der Waals surface area contributed by atoms with Crippen LogP contribution in [0.4, 0.5) is 33.5 Å². The van der Waals surface area contributed by atoms with Gasteiger partial charge in [0, 0.05) is 49.0 Å². The van der Waals surface area contributed by atoms with E-state index in [1.165, 1.54) is 12.4 Å². The third-order valence-corrected chi connectivity index (χ3v) is 6.35. The second-order valence-electron chi connectivity index (χ2n) is 8.81. The van der Waals surface area contributed by atoms with Crippen LogP contribution in [0.5, 0.6) is 0 Å². The minimum absolute atomic E-state index is 0.0886.